The first kappa shape index (κ1) is 19.8. The van der Waals surface area contributed by atoms with Crippen LogP contribution in [0.1, 0.15) is 6.92 Å². The monoisotopic (exact) mass is 376 g/mol. The van der Waals surface area contributed by atoms with Gasteiger partial charge in [-0.2, -0.15) is 0 Å². The summed E-state index contributed by atoms with van der Waals surface area (Å²) in [6.07, 6.45) is 0. The third kappa shape index (κ3) is 6.06. The molecule has 2 aromatic rings. The lowest BCUT2D eigenvalue weighted by molar-refractivity contribution is -0.122. The Morgan fingerprint density at radius 1 is 1.12 bits per heavy atom. The maximum Gasteiger partial charge on any atom is 0.321 e. The van der Waals surface area contributed by atoms with E-state index in [-0.39, 0.29) is 12.6 Å². The Morgan fingerprint density at radius 3 is 2.50 bits per heavy atom. The maximum absolute atomic E-state index is 11.8. The van der Waals surface area contributed by atoms with Crippen molar-refractivity contribution in [1.29, 1.82) is 0 Å². The summed E-state index contributed by atoms with van der Waals surface area (Å²) in [5.41, 5.74) is 1.97. The van der Waals surface area contributed by atoms with Crippen molar-refractivity contribution < 1.29 is 19.1 Å². The molecule has 0 aliphatic carbocycles. The molecule has 26 heavy (non-hydrogen) atoms. The lowest BCUT2D eigenvalue weighted by Gasteiger charge is -2.13. The van der Waals surface area contributed by atoms with Gasteiger partial charge in [0.05, 0.1) is 17.7 Å². The van der Waals surface area contributed by atoms with Gasteiger partial charge in [-0.1, -0.05) is 48.0 Å². The Morgan fingerprint density at radius 2 is 1.85 bits per heavy atom. The zero-order valence-electron chi connectivity index (χ0n) is 14.6. The van der Waals surface area contributed by atoms with Crippen LogP contribution in [0.25, 0.3) is 11.1 Å². The number of imide groups is 1. The van der Waals surface area contributed by atoms with Gasteiger partial charge in [-0.15, -0.1) is 0 Å². The van der Waals surface area contributed by atoms with Crippen molar-refractivity contribution in [2.24, 2.45) is 0 Å². The van der Waals surface area contributed by atoms with E-state index in [4.69, 9.17) is 21.1 Å². The van der Waals surface area contributed by atoms with Crippen molar-refractivity contribution in [3.8, 4) is 16.9 Å². The number of halogens is 1. The van der Waals surface area contributed by atoms with E-state index in [0.717, 1.165) is 11.1 Å². The summed E-state index contributed by atoms with van der Waals surface area (Å²) in [5, 5.41) is 5.14. The van der Waals surface area contributed by atoms with Crippen LogP contribution in [0.15, 0.2) is 48.5 Å². The summed E-state index contributed by atoms with van der Waals surface area (Å²) in [7, 11) is 1.53. The molecule has 0 aliphatic rings. The van der Waals surface area contributed by atoms with E-state index in [0.29, 0.717) is 17.4 Å². The highest BCUT2D eigenvalue weighted by molar-refractivity contribution is 6.32. The van der Waals surface area contributed by atoms with E-state index >= 15 is 0 Å². The molecule has 6 nitrogen and oxygen atoms in total. The second kappa shape index (κ2) is 9.79. The van der Waals surface area contributed by atoms with Crippen LogP contribution >= 0.6 is 11.6 Å². The molecule has 7 heteroatoms. The van der Waals surface area contributed by atoms with Gasteiger partial charge in [0.2, 0.25) is 0 Å². The average molecular weight is 377 g/mol. The summed E-state index contributed by atoms with van der Waals surface area (Å²) in [6.45, 7) is 1.79. The molecule has 0 saturated heterocycles. The Labute approximate surface area is 157 Å². The van der Waals surface area contributed by atoms with Crippen molar-refractivity contribution in [1.82, 2.24) is 10.6 Å². The SMILES string of the molecule is COCC(C)NC(=O)NC(=O)COc1ccc(-c2ccccc2)cc1Cl. The number of hydrogen-bond acceptors (Lipinski definition) is 4. The van der Waals surface area contributed by atoms with Gasteiger partial charge in [0, 0.05) is 7.11 Å². The number of hydrogen-bond donors (Lipinski definition) is 2. The van der Waals surface area contributed by atoms with E-state index in [2.05, 4.69) is 10.6 Å². The molecular weight excluding hydrogens is 356 g/mol. The molecule has 2 rings (SSSR count). The summed E-state index contributed by atoms with van der Waals surface area (Å²) in [5.74, 6) is -0.204. The topological polar surface area (TPSA) is 76.7 Å². The molecule has 0 heterocycles. The van der Waals surface area contributed by atoms with Crippen molar-refractivity contribution in [3.63, 3.8) is 0 Å². The molecule has 0 aromatic heterocycles. The number of benzene rings is 2. The van der Waals surface area contributed by atoms with Crippen LogP contribution in [0.2, 0.25) is 5.02 Å². The highest BCUT2D eigenvalue weighted by Gasteiger charge is 2.12. The molecule has 3 amide bonds. The van der Waals surface area contributed by atoms with Gasteiger partial charge in [0.1, 0.15) is 5.75 Å². The smallest absolute Gasteiger partial charge is 0.321 e. The molecule has 1 unspecified atom stereocenters. The van der Waals surface area contributed by atoms with Crippen LogP contribution in [0.5, 0.6) is 5.75 Å². The minimum Gasteiger partial charge on any atom is -0.482 e. The fourth-order valence-corrected chi connectivity index (χ4v) is 2.52. The molecule has 0 aliphatic heterocycles. The van der Waals surface area contributed by atoms with Crippen molar-refractivity contribution in [2.75, 3.05) is 20.3 Å². The first-order valence-corrected chi connectivity index (χ1v) is 8.44. The van der Waals surface area contributed by atoms with Gasteiger partial charge < -0.3 is 14.8 Å². The highest BCUT2D eigenvalue weighted by atomic mass is 35.5. The van der Waals surface area contributed by atoms with E-state index < -0.39 is 11.9 Å². The average Bonchev–Trinajstić information content (AvgIpc) is 2.61. The molecule has 2 aromatic carbocycles. The predicted molar refractivity (Wildman–Crippen MR) is 100 cm³/mol. The zero-order chi connectivity index (χ0) is 18.9. The molecular formula is C19H21ClN2O4. The molecule has 2 N–H and O–H groups in total. The Bertz CT molecular complexity index is 752. The first-order valence-electron chi connectivity index (χ1n) is 8.06. The van der Waals surface area contributed by atoms with E-state index in [1.54, 1.807) is 19.1 Å². The second-order valence-electron chi connectivity index (χ2n) is 5.68. The predicted octanol–water partition coefficient (Wildman–Crippen LogP) is 3.25. The number of carbonyl (C=O) groups is 2. The third-order valence-electron chi connectivity index (χ3n) is 3.44. The Balaban J connectivity index is 1.87. The highest BCUT2D eigenvalue weighted by Crippen LogP contribution is 2.30. The largest absolute Gasteiger partial charge is 0.482 e. The standard InChI is InChI=1S/C19H21ClN2O4/c1-13(11-25-2)21-19(24)22-18(23)12-26-17-9-8-15(10-16(17)20)14-6-4-3-5-7-14/h3-10,13H,11-12H2,1-2H3,(H2,21,22,23,24). The van der Waals surface area contributed by atoms with Crippen LogP contribution in [0.3, 0.4) is 0 Å². The number of urea groups is 1. The van der Waals surface area contributed by atoms with E-state index in [1.807, 2.05) is 36.4 Å². The van der Waals surface area contributed by atoms with Crippen LogP contribution in [0.4, 0.5) is 4.79 Å². The van der Waals surface area contributed by atoms with Crippen molar-refractivity contribution in [3.05, 3.63) is 53.6 Å². The minimum atomic E-state index is -0.603. The number of rotatable bonds is 7. The normalized spacial score (nSPS) is 11.5. The number of amides is 3. The number of methoxy groups -OCH3 is 1. The molecule has 0 bridgehead atoms. The summed E-state index contributed by atoms with van der Waals surface area (Å²) >= 11 is 6.22. The quantitative estimate of drug-likeness (QED) is 0.777. The number of carbonyl (C=O) groups excluding carboxylic acids is 2. The Kier molecular flexibility index (Phi) is 7.44. The number of ether oxygens (including phenoxy) is 2. The zero-order valence-corrected chi connectivity index (χ0v) is 15.4. The summed E-state index contributed by atoms with van der Waals surface area (Å²) in [6, 6.07) is 14.3. The van der Waals surface area contributed by atoms with Gasteiger partial charge >= 0.3 is 6.03 Å². The molecule has 0 spiro atoms. The number of nitrogens with one attached hydrogen (secondary N) is 2. The summed E-state index contributed by atoms with van der Waals surface area (Å²) in [4.78, 5) is 23.4. The second-order valence-corrected chi connectivity index (χ2v) is 6.09. The lowest BCUT2D eigenvalue weighted by atomic mass is 10.1. The molecule has 0 radical (unpaired) electrons. The van der Waals surface area contributed by atoms with E-state index in [9.17, 15) is 9.59 Å². The third-order valence-corrected chi connectivity index (χ3v) is 3.74. The molecule has 0 fully saturated rings. The van der Waals surface area contributed by atoms with Crippen LogP contribution < -0.4 is 15.4 Å². The fourth-order valence-electron chi connectivity index (χ4n) is 2.29. The van der Waals surface area contributed by atoms with Gasteiger partial charge in [0.15, 0.2) is 6.61 Å². The molecule has 1 atom stereocenters. The minimum absolute atomic E-state index is 0.214. The fraction of sp³-hybridized carbons (Fsp3) is 0.263. The van der Waals surface area contributed by atoms with Crippen LogP contribution in [0, 0.1) is 0 Å². The van der Waals surface area contributed by atoms with E-state index in [1.165, 1.54) is 7.11 Å². The maximum atomic E-state index is 11.8. The lowest BCUT2D eigenvalue weighted by Crippen LogP contribution is -2.46. The van der Waals surface area contributed by atoms with Gasteiger partial charge in [-0.3, -0.25) is 10.1 Å². The van der Waals surface area contributed by atoms with Crippen molar-refractivity contribution >= 4 is 23.5 Å². The van der Waals surface area contributed by atoms with Gasteiger partial charge in [-0.25, -0.2) is 4.79 Å². The summed E-state index contributed by atoms with van der Waals surface area (Å²) < 4.78 is 10.3. The molecule has 138 valence electrons. The van der Waals surface area contributed by atoms with Crippen LogP contribution in [-0.4, -0.2) is 38.3 Å². The van der Waals surface area contributed by atoms with Crippen molar-refractivity contribution in [2.45, 2.75) is 13.0 Å². The molecule has 0 saturated carbocycles. The Hall–Kier alpha value is -2.57. The van der Waals surface area contributed by atoms with Gasteiger partial charge in [0.25, 0.3) is 5.91 Å². The van der Waals surface area contributed by atoms with Gasteiger partial charge in [-0.05, 0) is 30.2 Å². The first-order chi connectivity index (χ1) is 12.5. The van der Waals surface area contributed by atoms with Crippen LogP contribution in [-0.2, 0) is 9.53 Å².